The van der Waals surface area contributed by atoms with Crippen molar-refractivity contribution in [2.45, 2.75) is 36.5 Å². The first-order chi connectivity index (χ1) is 15.9. The highest BCUT2D eigenvalue weighted by Crippen LogP contribution is 2.40. The van der Waals surface area contributed by atoms with Gasteiger partial charge in [0.25, 0.3) is 0 Å². The SMILES string of the molecule is O=S(=O)(Cc1nccs1)c1cc(Cl)c(Oc2ccccc2-c2cnn3c2CCCC3)cc1F. The van der Waals surface area contributed by atoms with Crippen LogP contribution in [0.15, 0.2) is 59.1 Å². The Morgan fingerprint density at radius 3 is 2.82 bits per heavy atom. The molecule has 0 atom stereocenters. The van der Waals surface area contributed by atoms with E-state index in [1.54, 1.807) is 11.4 Å². The molecule has 0 fully saturated rings. The van der Waals surface area contributed by atoms with Crippen LogP contribution in [0, 0.1) is 5.82 Å². The summed E-state index contributed by atoms with van der Waals surface area (Å²) in [6.45, 7) is 0.881. The van der Waals surface area contributed by atoms with Gasteiger partial charge in [0.2, 0.25) is 0 Å². The minimum atomic E-state index is -3.96. The van der Waals surface area contributed by atoms with Gasteiger partial charge in [0.15, 0.2) is 9.84 Å². The lowest BCUT2D eigenvalue weighted by atomic mass is 10.0. The summed E-state index contributed by atoms with van der Waals surface area (Å²) in [5.74, 6) is -0.797. The summed E-state index contributed by atoms with van der Waals surface area (Å²) in [4.78, 5) is 3.49. The Hall–Kier alpha value is -2.75. The van der Waals surface area contributed by atoms with E-state index in [4.69, 9.17) is 16.3 Å². The molecule has 0 amide bonds. The van der Waals surface area contributed by atoms with E-state index in [0.29, 0.717) is 10.8 Å². The number of fused-ring (bicyclic) bond motifs is 1. The summed E-state index contributed by atoms with van der Waals surface area (Å²) in [5, 5.41) is 6.53. The van der Waals surface area contributed by atoms with Crippen LogP contribution in [0.3, 0.4) is 0 Å². The second-order valence-electron chi connectivity index (χ2n) is 7.68. The second-order valence-corrected chi connectivity index (χ2v) is 11.0. The van der Waals surface area contributed by atoms with Gasteiger partial charge in [-0.05, 0) is 31.4 Å². The van der Waals surface area contributed by atoms with Gasteiger partial charge in [-0.3, -0.25) is 4.68 Å². The molecule has 0 N–H and O–H groups in total. The highest BCUT2D eigenvalue weighted by atomic mass is 35.5. The first kappa shape index (κ1) is 22.1. The third-order valence-electron chi connectivity index (χ3n) is 5.50. The average molecular weight is 504 g/mol. The molecule has 0 saturated heterocycles. The molecule has 2 aromatic carbocycles. The predicted octanol–water partition coefficient (Wildman–Crippen LogP) is 5.90. The normalized spacial score (nSPS) is 13.6. The number of rotatable bonds is 6. The standard InChI is InChI=1S/C23H19ClFN3O3S2/c24-17-11-22(33(29,30)14-23-26-8-10-32-23)18(25)12-21(17)31-20-7-2-1-5-15(20)16-13-27-28-9-4-3-6-19(16)28/h1-2,5,7-8,10-13H,3-4,6,9,14H2. The van der Waals surface area contributed by atoms with Gasteiger partial charge >= 0.3 is 0 Å². The van der Waals surface area contributed by atoms with Crippen molar-refractivity contribution >= 4 is 32.8 Å². The summed E-state index contributed by atoms with van der Waals surface area (Å²) < 4.78 is 48.3. The van der Waals surface area contributed by atoms with Crippen molar-refractivity contribution in [1.29, 1.82) is 0 Å². The van der Waals surface area contributed by atoms with Crippen LogP contribution in [-0.2, 0) is 28.6 Å². The summed E-state index contributed by atoms with van der Waals surface area (Å²) in [5.41, 5.74) is 2.92. The van der Waals surface area contributed by atoms with Gasteiger partial charge in [0.05, 0.1) is 11.2 Å². The summed E-state index contributed by atoms with van der Waals surface area (Å²) in [6.07, 6.45) is 6.43. The number of benzene rings is 2. The average Bonchev–Trinajstić information content (AvgIpc) is 3.46. The van der Waals surface area contributed by atoms with Gasteiger partial charge in [-0.2, -0.15) is 5.10 Å². The van der Waals surface area contributed by atoms with Crippen LogP contribution >= 0.6 is 22.9 Å². The topological polar surface area (TPSA) is 74.1 Å². The van der Waals surface area contributed by atoms with Crippen LogP contribution in [0.2, 0.25) is 5.02 Å². The molecule has 0 aliphatic carbocycles. The smallest absolute Gasteiger partial charge is 0.187 e. The number of para-hydroxylation sites is 1. The number of thiazole rings is 1. The van der Waals surface area contributed by atoms with E-state index in [-0.39, 0.29) is 10.8 Å². The van der Waals surface area contributed by atoms with Gasteiger partial charge in [0, 0.05) is 41.0 Å². The number of hydrogen-bond donors (Lipinski definition) is 0. The van der Waals surface area contributed by atoms with Gasteiger partial charge in [0.1, 0.15) is 33.0 Å². The van der Waals surface area contributed by atoms with Crippen molar-refractivity contribution in [1.82, 2.24) is 14.8 Å². The molecule has 10 heteroatoms. The molecule has 0 spiro atoms. The van der Waals surface area contributed by atoms with Gasteiger partial charge in [-0.25, -0.2) is 17.8 Å². The number of aromatic nitrogens is 3. The molecule has 5 rings (SSSR count). The van der Waals surface area contributed by atoms with Crippen LogP contribution in [0.4, 0.5) is 4.39 Å². The number of aryl methyl sites for hydroxylation is 1. The Balaban J connectivity index is 1.48. The lowest BCUT2D eigenvalue weighted by Gasteiger charge is -2.17. The van der Waals surface area contributed by atoms with E-state index < -0.39 is 26.3 Å². The Bertz CT molecular complexity index is 1420. The zero-order chi connectivity index (χ0) is 23.0. The number of hydrogen-bond acceptors (Lipinski definition) is 6. The largest absolute Gasteiger partial charge is 0.455 e. The van der Waals surface area contributed by atoms with E-state index in [2.05, 4.69) is 10.1 Å². The van der Waals surface area contributed by atoms with E-state index in [1.165, 1.54) is 17.5 Å². The lowest BCUT2D eigenvalue weighted by molar-refractivity contribution is 0.474. The van der Waals surface area contributed by atoms with Crippen molar-refractivity contribution in [2.75, 3.05) is 0 Å². The fourth-order valence-electron chi connectivity index (χ4n) is 3.93. The lowest BCUT2D eigenvalue weighted by Crippen LogP contribution is -2.11. The highest BCUT2D eigenvalue weighted by Gasteiger charge is 2.25. The van der Waals surface area contributed by atoms with Gasteiger partial charge < -0.3 is 4.74 Å². The minimum absolute atomic E-state index is 0.000881. The highest BCUT2D eigenvalue weighted by molar-refractivity contribution is 7.90. The van der Waals surface area contributed by atoms with Crippen molar-refractivity contribution in [3.63, 3.8) is 0 Å². The number of sulfone groups is 1. The maximum atomic E-state index is 14.9. The monoisotopic (exact) mass is 503 g/mol. The van der Waals surface area contributed by atoms with Crippen molar-refractivity contribution in [3.05, 3.63) is 75.7 Å². The molecule has 6 nitrogen and oxygen atoms in total. The molecule has 4 aromatic rings. The fraction of sp³-hybridized carbons (Fsp3) is 0.217. The van der Waals surface area contributed by atoms with Crippen LogP contribution in [-0.4, -0.2) is 23.2 Å². The van der Waals surface area contributed by atoms with E-state index in [1.807, 2.05) is 29.1 Å². The first-order valence-electron chi connectivity index (χ1n) is 10.3. The Morgan fingerprint density at radius 1 is 1.15 bits per heavy atom. The molecule has 0 saturated carbocycles. The molecule has 0 bridgehead atoms. The molecular weight excluding hydrogens is 485 g/mol. The maximum absolute atomic E-state index is 14.9. The van der Waals surface area contributed by atoms with E-state index >= 15 is 0 Å². The van der Waals surface area contributed by atoms with Crippen LogP contribution in [0.1, 0.15) is 23.5 Å². The van der Waals surface area contributed by atoms with Crippen LogP contribution in [0.5, 0.6) is 11.5 Å². The minimum Gasteiger partial charge on any atom is -0.455 e. The van der Waals surface area contributed by atoms with Crippen LogP contribution < -0.4 is 4.74 Å². The van der Waals surface area contributed by atoms with Crippen molar-refractivity contribution in [2.24, 2.45) is 0 Å². The molecule has 2 aromatic heterocycles. The maximum Gasteiger partial charge on any atom is 0.187 e. The van der Waals surface area contributed by atoms with Gasteiger partial charge in [-0.1, -0.05) is 29.8 Å². The number of halogens is 2. The zero-order valence-electron chi connectivity index (χ0n) is 17.4. The van der Waals surface area contributed by atoms with Crippen molar-refractivity contribution in [3.8, 4) is 22.6 Å². The van der Waals surface area contributed by atoms with Crippen molar-refractivity contribution < 1.29 is 17.5 Å². The number of ether oxygens (including phenoxy) is 1. The molecule has 1 aliphatic rings. The molecule has 3 heterocycles. The summed E-state index contributed by atoms with van der Waals surface area (Å²) in [7, 11) is -3.96. The fourth-order valence-corrected chi connectivity index (χ4v) is 6.55. The predicted molar refractivity (Wildman–Crippen MR) is 125 cm³/mol. The first-order valence-corrected chi connectivity index (χ1v) is 13.3. The Morgan fingerprint density at radius 2 is 2.00 bits per heavy atom. The number of nitrogens with zero attached hydrogens (tertiary/aromatic N) is 3. The quantitative estimate of drug-likeness (QED) is 0.327. The third kappa shape index (κ3) is 4.40. The Labute approximate surface area is 199 Å². The molecule has 0 radical (unpaired) electrons. The van der Waals surface area contributed by atoms with Crippen LogP contribution in [0.25, 0.3) is 11.1 Å². The van der Waals surface area contributed by atoms with E-state index in [9.17, 15) is 12.8 Å². The summed E-state index contributed by atoms with van der Waals surface area (Å²) in [6, 6.07) is 9.50. The summed E-state index contributed by atoms with van der Waals surface area (Å²) >= 11 is 7.54. The molecule has 170 valence electrons. The zero-order valence-corrected chi connectivity index (χ0v) is 19.8. The second kappa shape index (κ2) is 8.89. The third-order valence-corrected chi connectivity index (χ3v) is 8.39. The molecular formula is C23H19ClFN3O3S2. The Kier molecular flexibility index (Phi) is 5.94. The van der Waals surface area contributed by atoms with Gasteiger partial charge in [-0.15, -0.1) is 11.3 Å². The molecule has 33 heavy (non-hydrogen) atoms. The molecule has 0 unspecified atom stereocenters. The molecule has 1 aliphatic heterocycles. The van der Waals surface area contributed by atoms with E-state index in [0.717, 1.165) is 54.8 Å².